The molecule has 1 heterocycles. The Balaban J connectivity index is 1.50. The molecule has 5 fully saturated rings. The maximum Gasteiger partial charge on any atom is 0.247 e. The van der Waals surface area contributed by atoms with E-state index in [2.05, 4.69) is 30.3 Å². The fourth-order valence-corrected chi connectivity index (χ4v) is 6.62. The fourth-order valence-electron chi connectivity index (χ4n) is 6.62. The van der Waals surface area contributed by atoms with Crippen LogP contribution in [-0.2, 0) is 15.0 Å². The van der Waals surface area contributed by atoms with Gasteiger partial charge in [0.2, 0.25) is 5.91 Å². The fraction of sp³-hybridized carbons (Fsp3) is 0.667. The van der Waals surface area contributed by atoms with Gasteiger partial charge in [0.15, 0.2) is 0 Å². The molecule has 4 aliphatic carbocycles. The van der Waals surface area contributed by atoms with E-state index in [4.69, 9.17) is 4.84 Å². The highest BCUT2D eigenvalue weighted by atomic mass is 16.7. The molecule has 1 aromatic rings. The van der Waals surface area contributed by atoms with Crippen LogP contribution < -0.4 is 0 Å². The number of aliphatic hydroxyl groups excluding tert-OH is 1. The molecule has 4 heteroatoms. The van der Waals surface area contributed by atoms with Gasteiger partial charge in [0.05, 0.1) is 12.6 Å². The minimum atomic E-state index is -0.546. The van der Waals surface area contributed by atoms with Gasteiger partial charge in [0.1, 0.15) is 6.61 Å². The Hall–Kier alpha value is -1.39. The summed E-state index contributed by atoms with van der Waals surface area (Å²) in [6, 6.07) is 10.8. The van der Waals surface area contributed by atoms with Crippen LogP contribution in [0, 0.1) is 23.7 Å². The zero-order valence-corrected chi connectivity index (χ0v) is 14.6. The van der Waals surface area contributed by atoms with Crippen LogP contribution in [0.15, 0.2) is 30.3 Å². The van der Waals surface area contributed by atoms with E-state index in [1.54, 1.807) is 0 Å². The number of rotatable bonds is 3. The van der Waals surface area contributed by atoms with Gasteiger partial charge in [-0.1, -0.05) is 30.3 Å². The van der Waals surface area contributed by atoms with Gasteiger partial charge in [-0.3, -0.25) is 9.63 Å². The lowest BCUT2D eigenvalue weighted by Gasteiger charge is -2.61. The van der Waals surface area contributed by atoms with Gasteiger partial charge >= 0.3 is 0 Å². The van der Waals surface area contributed by atoms with Crippen LogP contribution in [0.4, 0.5) is 0 Å². The first kappa shape index (κ1) is 15.8. The van der Waals surface area contributed by atoms with Crippen molar-refractivity contribution in [3.63, 3.8) is 0 Å². The number of benzene rings is 1. The highest BCUT2D eigenvalue weighted by molar-refractivity contribution is 5.77. The van der Waals surface area contributed by atoms with Crippen LogP contribution in [-0.4, -0.2) is 35.3 Å². The molecule has 25 heavy (non-hydrogen) atoms. The lowest BCUT2D eigenvalue weighted by molar-refractivity contribution is -0.174. The van der Waals surface area contributed by atoms with Crippen LogP contribution >= 0.6 is 0 Å². The van der Waals surface area contributed by atoms with E-state index in [0.717, 1.165) is 11.8 Å². The summed E-state index contributed by atoms with van der Waals surface area (Å²) in [5.41, 5.74) is 1.31. The monoisotopic (exact) mass is 341 g/mol. The molecule has 5 aliphatic rings. The van der Waals surface area contributed by atoms with Gasteiger partial charge in [-0.05, 0) is 61.3 Å². The first-order chi connectivity index (χ1) is 12.1. The van der Waals surface area contributed by atoms with Crippen molar-refractivity contribution in [1.29, 1.82) is 0 Å². The third-order valence-corrected chi connectivity index (χ3v) is 7.43. The quantitative estimate of drug-likeness (QED) is 0.920. The summed E-state index contributed by atoms with van der Waals surface area (Å²) in [7, 11) is 0. The molecular formula is C21H27NO3. The summed E-state index contributed by atoms with van der Waals surface area (Å²) in [6.07, 6.45) is 6.50. The second kappa shape index (κ2) is 5.82. The Morgan fingerprint density at radius 3 is 2.28 bits per heavy atom. The van der Waals surface area contributed by atoms with Gasteiger partial charge in [-0.2, -0.15) is 0 Å². The van der Waals surface area contributed by atoms with Gasteiger partial charge < -0.3 is 5.11 Å². The van der Waals surface area contributed by atoms with Crippen LogP contribution in [0.5, 0.6) is 0 Å². The third-order valence-electron chi connectivity index (χ3n) is 7.43. The Kier molecular flexibility index (Phi) is 3.68. The molecule has 4 bridgehead atoms. The van der Waals surface area contributed by atoms with E-state index in [1.807, 2.05) is 0 Å². The van der Waals surface area contributed by atoms with E-state index < -0.39 is 6.10 Å². The first-order valence-electron chi connectivity index (χ1n) is 9.82. The molecular weight excluding hydrogens is 314 g/mol. The van der Waals surface area contributed by atoms with Crippen molar-refractivity contribution in [3.8, 4) is 0 Å². The van der Waals surface area contributed by atoms with E-state index in [0.29, 0.717) is 24.8 Å². The Morgan fingerprint density at radius 1 is 1.08 bits per heavy atom. The zero-order valence-electron chi connectivity index (χ0n) is 14.6. The second-order valence-corrected chi connectivity index (χ2v) is 8.79. The highest BCUT2D eigenvalue weighted by Crippen LogP contribution is 2.64. The molecule has 1 amide bonds. The number of carbonyl (C=O) groups is 1. The number of hydroxylamine groups is 2. The average Bonchev–Trinajstić information content (AvgIpc) is 3.05. The Morgan fingerprint density at radius 2 is 1.72 bits per heavy atom. The molecule has 1 aromatic carbocycles. The van der Waals surface area contributed by atoms with Crippen LogP contribution in [0.3, 0.4) is 0 Å². The smallest absolute Gasteiger partial charge is 0.247 e. The molecule has 1 aliphatic heterocycles. The normalized spacial score (nSPS) is 42.1. The van der Waals surface area contributed by atoms with E-state index >= 15 is 0 Å². The van der Waals surface area contributed by atoms with Crippen molar-refractivity contribution in [3.05, 3.63) is 35.9 Å². The van der Waals surface area contributed by atoms with E-state index in [-0.39, 0.29) is 17.9 Å². The molecule has 1 N–H and O–H groups in total. The molecule has 0 radical (unpaired) electrons. The van der Waals surface area contributed by atoms with Crippen molar-refractivity contribution >= 4 is 5.91 Å². The third kappa shape index (κ3) is 2.45. The minimum absolute atomic E-state index is 0.0390. The van der Waals surface area contributed by atoms with Crippen molar-refractivity contribution in [1.82, 2.24) is 5.06 Å². The molecule has 0 aromatic heterocycles. The molecule has 1 atom stereocenters. The summed E-state index contributed by atoms with van der Waals surface area (Å²) in [5, 5.41) is 11.1. The summed E-state index contributed by atoms with van der Waals surface area (Å²) < 4.78 is 0. The van der Waals surface area contributed by atoms with Gasteiger partial charge in [-0.15, -0.1) is 0 Å². The second-order valence-electron chi connectivity index (χ2n) is 8.79. The number of amides is 1. The standard InChI is InChI=1S/C21H27NO3/c23-19-12-22(25-13-19)20(24)11-21(16-4-2-1-3-5-16)17-7-14-6-15(9-17)10-18(21)8-14/h1-5,14-15,17-19,23H,6-13H2/t14?,15?,17?,18?,19-,21?/m1/s1. The number of carbonyl (C=O) groups excluding carboxylic acids is 1. The van der Waals surface area contributed by atoms with Crippen molar-refractivity contribution in [2.45, 2.75) is 50.0 Å². The number of hydrogen-bond acceptors (Lipinski definition) is 3. The largest absolute Gasteiger partial charge is 0.389 e. The van der Waals surface area contributed by atoms with E-state index in [9.17, 15) is 9.90 Å². The van der Waals surface area contributed by atoms with Crippen LogP contribution in [0.1, 0.15) is 44.1 Å². The predicted molar refractivity (Wildman–Crippen MR) is 93.5 cm³/mol. The van der Waals surface area contributed by atoms with E-state index in [1.165, 1.54) is 42.7 Å². The van der Waals surface area contributed by atoms with Gasteiger partial charge in [0.25, 0.3) is 0 Å². The molecule has 0 unspecified atom stereocenters. The highest BCUT2D eigenvalue weighted by Gasteiger charge is 2.58. The molecule has 4 saturated carbocycles. The summed E-state index contributed by atoms with van der Waals surface area (Å²) in [5.74, 6) is 3.02. The lowest BCUT2D eigenvalue weighted by Crippen LogP contribution is -2.57. The topological polar surface area (TPSA) is 49.8 Å². The number of hydrogen-bond donors (Lipinski definition) is 1. The van der Waals surface area contributed by atoms with Crippen LogP contribution in [0.25, 0.3) is 0 Å². The first-order valence-corrected chi connectivity index (χ1v) is 9.82. The maximum absolute atomic E-state index is 13.1. The molecule has 4 nitrogen and oxygen atoms in total. The number of β-amino-alcohol motifs (C(OH)–C–C–N with tert-alkyl or cyclic N) is 1. The Labute approximate surface area is 149 Å². The number of aliphatic hydroxyl groups is 1. The minimum Gasteiger partial charge on any atom is -0.389 e. The van der Waals surface area contributed by atoms with Gasteiger partial charge in [-0.25, -0.2) is 5.06 Å². The molecule has 0 spiro atoms. The number of nitrogens with zero attached hydrogens (tertiary/aromatic N) is 1. The summed E-state index contributed by atoms with van der Waals surface area (Å²) >= 11 is 0. The zero-order chi connectivity index (χ0) is 17.0. The molecule has 1 saturated heterocycles. The lowest BCUT2D eigenvalue weighted by atomic mass is 9.43. The Bertz CT molecular complexity index is 630. The van der Waals surface area contributed by atoms with Crippen molar-refractivity contribution < 1.29 is 14.7 Å². The van der Waals surface area contributed by atoms with Crippen molar-refractivity contribution in [2.75, 3.05) is 13.2 Å². The average molecular weight is 341 g/mol. The van der Waals surface area contributed by atoms with Gasteiger partial charge in [0, 0.05) is 11.8 Å². The maximum atomic E-state index is 13.1. The molecule has 134 valence electrons. The SMILES string of the molecule is O=C(CC1(c2ccccc2)C2CC3CC(C2)CC1C3)N1C[C@@H](O)CO1. The summed E-state index contributed by atoms with van der Waals surface area (Å²) in [4.78, 5) is 18.5. The van der Waals surface area contributed by atoms with Crippen LogP contribution in [0.2, 0.25) is 0 Å². The summed E-state index contributed by atoms with van der Waals surface area (Å²) in [6.45, 7) is 0.547. The predicted octanol–water partition coefficient (Wildman–Crippen LogP) is 2.91. The van der Waals surface area contributed by atoms with Crippen molar-refractivity contribution in [2.24, 2.45) is 23.7 Å². The molecule has 6 rings (SSSR count).